The van der Waals surface area contributed by atoms with E-state index in [2.05, 4.69) is 5.32 Å². The van der Waals surface area contributed by atoms with Gasteiger partial charge >= 0.3 is 0 Å². The van der Waals surface area contributed by atoms with Gasteiger partial charge in [0.2, 0.25) is 21.8 Å². The van der Waals surface area contributed by atoms with E-state index in [1.807, 2.05) is 30.3 Å². The van der Waals surface area contributed by atoms with Gasteiger partial charge in [-0.2, -0.15) is 0 Å². The second-order valence-electron chi connectivity index (χ2n) is 8.72. The standard InChI is InChI=1S/C28H32FN3O5S/c1-4-30-28(34)26(17-21-10-6-5-7-11-21)31(19-22-12-8-15-25(16-22)37-2)27(33)20-32(38(3,35)36)24-14-9-13-23(29)18-24/h5-16,18,26H,4,17,19-20H2,1-3H3,(H,30,34)/t26-/m1/s1. The van der Waals surface area contributed by atoms with Gasteiger partial charge < -0.3 is 15.0 Å². The van der Waals surface area contributed by atoms with E-state index in [0.29, 0.717) is 17.9 Å². The first-order valence-electron chi connectivity index (χ1n) is 12.1. The highest BCUT2D eigenvalue weighted by Crippen LogP contribution is 2.22. The van der Waals surface area contributed by atoms with Gasteiger partial charge in [-0.3, -0.25) is 13.9 Å². The molecular weight excluding hydrogens is 509 g/mol. The van der Waals surface area contributed by atoms with Crippen molar-refractivity contribution in [1.82, 2.24) is 10.2 Å². The summed E-state index contributed by atoms with van der Waals surface area (Å²) >= 11 is 0. The van der Waals surface area contributed by atoms with E-state index in [1.54, 1.807) is 31.2 Å². The van der Waals surface area contributed by atoms with Crippen LogP contribution in [-0.4, -0.2) is 57.6 Å². The Hall–Kier alpha value is -3.92. The molecule has 0 fully saturated rings. The highest BCUT2D eigenvalue weighted by atomic mass is 32.2. The SMILES string of the molecule is CCNC(=O)[C@@H](Cc1ccccc1)N(Cc1cccc(OC)c1)C(=O)CN(c1cccc(F)c1)S(C)(=O)=O. The van der Waals surface area contributed by atoms with Crippen LogP contribution in [0.15, 0.2) is 78.9 Å². The summed E-state index contributed by atoms with van der Waals surface area (Å²) in [4.78, 5) is 28.5. The third-order valence-electron chi connectivity index (χ3n) is 5.88. The van der Waals surface area contributed by atoms with Gasteiger partial charge in [-0.05, 0) is 48.4 Å². The highest BCUT2D eigenvalue weighted by Gasteiger charge is 2.33. The average molecular weight is 542 g/mol. The number of hydrogen-bond acceptors (Lipinski definition) is 5. The number of sulfonamides is 1. The smallest absolute Gasteiger partial charge is 0.244 e. The van der Waals surface area contributed by atoms with Crippen molar-refractivity contribution < 1.29 is 27.1 Å². The van der Waals surface area contributed by atoms with Crippen LogP contribution in [0.2, 0.25) is 0 Å². The van der Waals surface area contributed by atoms with Crippen LogP contribution in [0.3, 0.4) is 0 Å². The summed E-state index contributed by atoms with van der Waals surface area (Å²) in [5.41, 5.74) is 1.54. The van der Waals surface area contributed by atoms with Crippen molar-refractivity contribution in [2.75, 3.05) is 30.8 Å². The zero-order valence-electron chi connectivity index (χ0n) is 21.6. The number of hydrogen-bond donors (Lipinski definition) is 1. The summed E-state index contributed by atoms with van der Waals surface area (Å²) in [5, 5.41) is 2.79. The van der Waals surface area contributed by atoms with Gasteiger partial charge in [0.25, 0.3) is 0 Å². The van der Waals surface area contributed by atoms with Gasteiger partial charge in [-0.15, -0.1) is 0 Å². The number of carbonyl (C=O) groups is 2. The fourth-order valence-electron chi connectivity index (χ4n) is 4.06. The summed E-state index contributed by atoms with van der Waals surface area (Å²) in [7, 11) is -2.44. The fraction of sp³-hybridized carbons (Fsp3) is 0.286. The summed E-state index contributed by atoms with van der Waals surface area (Å²) in [5.74, 6) is -1.05. The zero-order valence-corrected chi connectivity index (χ0v) is 22.4. The van der Waals surface area contributed by atoms with E-state index in [0.717, 1.165) is 22.2 Å². The Kier molecular flexibility index (Phi) is 9.84. The van der Waals surface area contributed by atoms with Crippen LogP contribution in [-0.2, 0) is 32.6 Å². The van der Waals surface area contributed by atoms with Crippen LogP contribution in [0.4, 0.5) is 10.1 Å². The molecule has 2 amide bonds. The van der Waals surface area contributed by atoms with Gasteiger partial charge in [0.1, 0.15) is 24.2 Å². The lowest BCUT2D eigenvalue weighted by atomic mass is 10.0. The van der Waals surface area contributed by atoms with Gasteiger partial charge in [0.05, 0.1) is 19.1 Å². The van der Waals surface area contributed by atoms with Crippen molar-refractivity contribution in [2.45, 2.75) is 25.9 Å². The van der Waals surface area contributed by atoms with Crippen molar-refractivity contribution >= 4 is 27.5 Å². The molecule has 3 rings (SSSR count). The molecule has 202 valence electrons. The van der Waals surface area contributed by atoms with Crippen LogP contribution < -0.4 is 14.4 Å². The molecule has 0 aliphatic rings. The van der Waals surface area contributed by atoms with E-state index in [4.69, 9.17) is 4.74 Å². The van der Waals surface area contributed by atoms with Gasteiger partial charge in [0, 0.05) is 19.5 Å². The number of ether oxygens (including phenoxy) is 1. The molecule has 3 aromatic rings. The average Bonchev–Trinajstić information content (AvgIpc) is 2.89. The Morgan fingerprint density at radius 2 is 1.66 bits per heavy atom. The van der Waals surface area contributed by atoms with Crippen LogP contribution in [0.1, 0.15) is 18.1 Å². The largest absolute Gasteiger partial charge is 0.497 e. The second-order valence-corrected chi connectivity index (χ2v) is 10.6. The van der Waals surface area contributed by atoms with Crippen molar-refractivity contribution in [1.29, 1.82) is 0 Å². The van der Waals surface area contributed by atoms with Crippen LogP contribution in [0.25, 0.3) is 0 Å². The Morgan fingerprint density at radius 3 is 2.29 bits per heavy atom. The number of methoxy groups -OCH3 is 1. The van der Waals surface area contributed by atoms with Crippen molar-refractivity contribution in [3.8, 4) is 5.75 Å². The molecule has 0 unspecified atom stereocenters. The molecule has 0 aliphatic carbocycles. The monoisotopic (exact) mass is 541 g/mol. The Balaban J connectivity index is 2.05. The minimum absolute atomic E-state index is 0.0137. The molecule has 0 saturated heterocycles. The maximum absolute atomic E-state index is 14.0. The quantitative estimate of drug-likeness (QED) is 0.379. The summed E-state index contributed by atoms with van der Waals surface area (Å²) in [6.45, 7) is 1.54. The number of likely N-dealkylation sites (N-methyl/N-ethyl adjacent to an activating group) is 1. The molecule has 0 heterocycles. The maximum Gasteiger partial charge on any atom is 0.244 e. The first-order valence-corrected chi connectivity index (χ1v) is 13.9. The normalized spacial score (nSPS) is 11.9. The second kappa shape index (κ2) is 13.0. The molecule has 0 aliphatic heterocycles. The summed E-state index contributed by atoms with van der Waals surface area (Å²) < 4.78 is 45.5. The molecule has 10 heteroatoms. The van der Waals surface area contributed by atoms with E-state index >= 15 is 0 Å². The number of nitrogens with one attached hydrogen (secondary N) is 1. The van der Waals surface area contributed by atoms with Gasteiger partial charge in [0.15, 0.2) is 0 Å². The number of benzene rings is 3. The lowest BCUT2D eigenvalue weighted by Gasteiger charge is -2.33. The molecule has 38 heavy (non-hydrogen) atoms. The Labute approximate surface area is 223 Å². The molecule has 3 aromatic carbocycles. The summed E-state index contributed by atoms with van der Waals surface area (Å²) in [6, 6.07) is 20.4. The number of anilines is 1. The molecular formula is C28H32FN3O5S. The van der Waals surface area contributed by atoms with Crippen molar-refractivity contribution in [3.05, 3.63) is 95.8 Å². The maximum atomic E-state index is 14.0. The molecule has 0 bridgehead atoms. The lowest BCUT2D eigenvalue weighted by molar-refractivity contribution is -0.140. The van der Waals surface area contributed by atoms with E-state index in [9.17, 15) is 22.4 Å². The lowest BCUT2D eigenvalue weighted by Crippen LogP contribution is -2.53. The molecule has 0 radical (unpaired) electrons. The van der Waals surface area contributed by atoms with Crippen molar-refractivity contribution in [2.24, 2.45) is 0 Å². The first-order chi connectivity index (χ1) is 18.1. The fourth-order valence-corrected chi connectivity index (χ4v) is 4.90. The van der Waals surface area contributed by atoms with E-state index in [1.165, 1.54) is 30.2 Å². The molecule has 1 atom stereocenters. The minimum atomic E-state index is -3.96. The van der Waals surface area contributed by atoms with Crippen LogP contribution in [0, 0.1) is 5.82 Å². The predicted octanol–water partition coefficient (Wildman–Crippen LogP) is 3.38. The Morgan fingerprint density at radius 1 is 0.974 bits per heavy atom. The number of halogens is 1. The van der Waals surface area contributed by atoms with Crippen LogP contribution >= 0.6 is 0 Å². The van der Waals surface area contributed by atoms with Crippen LogP contribution in [0.5, 0.6) is 5.75 Å². The molecule has 0 aromatic heterocycles. The highest BCUT2D eigenvalue weighted by molar-refractivity contribution is 7.92. The number of amides is 2. The molecule has 8 nitrogen and oxygen atoms in total. The molecule has 0 saturated carbocycles. The molecule has 1 N–H and O–H groups in total. The van der Waals surface area contributed by atoms with E-state index in [-0.39, 0.29) is 24.6 Å². The van der Waals surface area contributed by atoms with Gasteiger partial charge in [-0.1, -0.05) is 48.5 Å². The number of nitrogens with zero attached hydrogens (tertiary/aromatic N) is 2. The third-order valence-corrected chi connectivity index (χ3v) is 7.03. The predicted molar refractivity (Wildman–Crippen MR) is 145 cm³/mol. The van der Waals surface area contributed by atoms with Gasteiger partial charge in [-0.25, -0.2) is 12.8 Å². The zero-order chi connectivity index (χ0) is 27.7. The topological polar surface area (TPSA) is 96.0 Å². The third kappa shape index (κ3) is 7.79. The minimum Gasteiger partial charge on any atom is -0.497 e. The Bertz CT molecular complexity index is 1350. The van der Waals surface area contributed by atoms with Crippen molar-refractivity contribution in [3.63, 3.8) is 0 Å². The number of rotatable bonds is 12. The summed E-state index contributed by atoms with van der Waals surface area (Å²) in [6.07, 6.45) is 1.16. The van der Waals surface area contributed by atoms with E-state index < -0.39 is 34.3 Å². The number of carbonyl (C=O) groups excluding carboxylic acids is 2. The first kappa shape index (κ1) is 28.6. The molecule has 0 spiro atoms.